The van der Waals surface area contributed by atoms with E-state index < -0.39 is 48.6 Å². The molecular weight excluding hydrogens is 405 g/mol. The number of hydrogen-bond donors (Lipinski definition) is 1. The fraction of sp³-hybridized carbons (Fsp3) is 0.250. The molecular formula is C20H15F3N2O5. The van der Waals surface area contributed by atoms with Crippen LogP contribution in [0, 0.1) is 5.92 Å². The Balaban J connectivity index is 1.44. The molecule has 30 heavy (non-hydrogen) atoms. The Morgan fingerprint density at radius 1 is 1.03 bits per heavy atom. The first kappa shape index (κ1) is 19.9. The van der Waals surface area contributed by atoms with Crippen LogP contribution in [0.5, 0.6) is 11.5 Å². The Morgan fingerprint density at radius 2 is 1.67 bits per heavy atom. The van der Waals surface area contributed by atoms with Crippen LogP contribution in [-0.2, 0) is 19.1 Å². The molecule has 0 saturated carbocycles. The first-order chi connectivity index (χ1) is 14.3. The van der Waals surface area contributed by atoms with E-state index in [0.717, 1.165) is 0 Å². The van der Waals surface area contributed by atoms with E-state index in [4.69, 9.17) is 4.74 Å². The van der Waals surface area contributed by atoms with E-state index in [0.29, 0.717) is 16.4 Å². The summed E-state index contributed by atoms with van der Waals surface area (Å²) in [6.45, 7) is -0.593. The van der Waals surface area contributed by atoms with E-state index in [1.54, 1.807) is 36.4 Å². The van der Waals surface area contributed by atoms with Gasteiger partial charge in [0.1, 0.15) is 17.5 Å². The number of carbonyl (C=O) groups is 3. The molecule has 2 aromatic carbocycles. The molecule has 1 N–H and O–H groups in total. The van der Waals surface area contributed by atoms with E-state index in [2.05, 4.69) is 10.1 Å². The molecule has 10 heteroatoms. The van der Waals surface area contributed by atoms with Crippen molar-refractivity contribution in [1.29, 1.82) is 0 Å². The standard InChI is InChI=1S/C20H15F3N2O5/c21-20(22,23)19-25-14(10-29-19)16(26)15(18(25)28)17(27)24-11-6-8-13(9-7-11)30-12-4-2-1-3-5-12/h1-9,14-15,19H,10H2,(H,24,27)/t14?,15?,19-/m1/s1. The molecule has 2 heterocycles. The highest BCUT2D eigenvalue weighted by Crippen LogP contribution is 2.37. The molecule has 2 unspecified atom stereocenters. The maximum Gasteiger partial charge on any atom is 0.433 e. The molecule has 156 valence electrons. The SMILES string of the molecule is O=C(Nc1ccc(Oc2ccccc2)cc1)C1C(=O)C2CO[C@H](C(F)(F)F)N2C1=O. The van der Waals surface area contributed by atoms with E-state index in [-0.39, 0.29) is 5.69 Å². The van der Waals surface area contributed by atoms with Crippen molar-refractivity contribution in [2.75, 3.05) is 11.9 Å². The van der Waals surface area contributed by atoms with Crippen LogP contribution in [0.2, 0.25) is 0 Å². The van der Waals surface area contributed by atoms with Crippen molar-refractivity contribution in [3.63, 3.8) is 0 Å². The van der Waals surface area contributed by atoms with Crippen LogP contribution in [-0.4, -0.2) is 47.6 Å². The number of rotatable bonds is 4. The quantitative estimate of drug-likeness (QED) is 0.769. The van der Waals surface area contributed by atoms with Crippen LogP contribution >= 0.6 is 0 Å². The second-order valence-electron chi connectivity index (χ2n) is 6.75. The molecule has 2 aromatic rings. The Bertz CT molecular complexity index is 978. The lowest BCUT2D eigenvalue weighted by Gasteiger charge is -2.23. The van der Waals surface area contributed by atoms with Crippen LogP contribution in [0.25, 0.3) is 0 Å². The molecule has 4 rings (SSSR count). The molecule has 0 radical (unpaired) electrons. The highest BCUT2D eigenvalue weighted by molar-refractivity contribution is 6.26. The Hall–Kier alpha value is -3.40. The minimum absolute atomic E-state index is 0.261. The van der Waals surface area contributed by atoms with Crippen LogP contribution in [0.1, 0.15) is 0 Å². The Labute approximate surface area is 168 Å². The smallest absolute Gasteiger partial charge is 0.433 e. The zero-order chi connectivity index (χ0) is 21.5. The predicted octanol–water partition coefficient (Wildman–Crippen LogP) is 2.73. The number of nitrogens with one attached hydrogen (secondary N) is 1. The minimum atomic E-state index is -4.86. The third-order valence-corrected chi connectivity index (χ3v) is 4.76. The second-order valence-corrected chi connectivity index (χ2v) is 6.75. The summed E-state index contributed by atoms with van der Waals surface area (Å²) in [6, 6.07) is 13.7. The first-order valence-electron chi connectivity index (χ1n) is 8.94. The van der Waals surface area contributed by atoms with E-state index in [1.807, 2.05) is 6.07 Å². The predicted molar refractivity (Wildman–Crippen MR) is 96.5 cm³/mol. The van der Waals surface area contributed by atoms with Crippen molar-refractivity contribution in [2.45, 2.75) is 18.4 Å². The maximum atomic E-state index is 13.0. The molecule has 0 spiro atoms. The van der Waals surface area contributed by atoms with Gasteiger partial charge >= 0.3 is 6.18 Å². The molecule has 2 aliphatic heterocycles. The van der Waals surface area contributed by atoms with Crippen LogP contribution in [0.15, 0.2) is 54.6 Å². The number of Topliss-reactive ketones (excluding diaryl/α,β-unsaturated/α-hetero) is 1. The number of carbonyl (C=O) groups excluding carboxylic acids is 3. The number of ether oxygens (including phenoxy) is 2. The molecule has 0 aliphatic carbocycles. The first-order valence-corrected chi connectivity index (χ1v) is 8.94. The number of nitrogens with zero attached hydrogens (tertiary/aromatic N) is 1. The van der Waals surface area contributed by atoms with Gasteiger partial charge in [0.2, 0.25) is 18.0 Å². The summed E-state index contributed by atoms with van der Waals surface area (Å²) in [6.07, 6.45) is -7.38. The van der Waals surface area contributed by atoms with Gasteiger partial charge in [0.05, 0.1) is 6.61 Å². The number of fused-ring (bicyclic) bond motifs is 1. The van der Waals surface area contributed by atoms with Crippen molar-refractivity contribution in [3.05, 3.63) is 54.6 Å². The number of para-hydroxylation sites is 1. The van der Waals surface area contributed by atoms with Gasteiger partial charge in [-0.2, -0.15) is 13.2 Å². The lowest BCUT2D eigenvalue weighted by molar-refractivity contribution is -0.238. The molecule has 2 saturated heterocycles. The number of amides is 2. The maximum absolute atomic E-state index is 13.0. The fourth-order valence-electron chi connectivity index (χ4n) is 3.40. The summed E-state index contributed by atoms with van der Waals surface area (Å²) in [5.41, 5.74) is 0.261. The summed E-state index contributed by atoms with van der Waals surface area (Å²) in [7, 11) is 0. The normalized spacial score (nSPS) is 23.4. The van der Waals surface area contributed by atoms with Crippen LogP contribution in [0.3, 0.4) is 0 Å². The van der Waals surface area contributed by atoms with Gasteiger partial charge in [0.15, 0.2) is 11.7 Å². The highest BCUT2D eigenvalue weighted by atomic mass is 19.4. The van der Waals surface area contributed by atoms with E-state index in [9.17, 15) is 27.6 Å². The van der Waals surface area contributed by atoms with Gasteiger partial charge in [-0.3, -0.25) is 19.3 Å². The lowest BCUT2D eigenvalue weighted by Crippen LogP contribution is -2.46. The van der Waals surface area contributed by atoms with Crippen molar-refractivity contribution < 1.29 is 37.0 Å². The van der Waals surface area contributed by atoms with Crippen LogP contribution in [0.4, 0.5) is 18.9 Å². The number of anilines is 1. The summed E-state index contributed by atoms with van der Waals surface area (Å²) >= 11 is 0. The van der Waals surface area contributed by atoms with Crippen molar-refractivity contribution in [3.8, 4) is 11.5 Å². The van der Waals surface area contributed by atoms with Crippen molar-refractivity contribution >= 4 is 23.3 Å². The number of halogens is 3. The average Bonchev–Trinajstić information content (AvgIpc) is 3.25. The number of alkyl halides is 3. The van der Waals surface area contributed by atoms with Gasteiger partial charge < -0.3 is 14.8 Å². The largest absolute Gasteiger partial charge is 0.457 e. The zero-order valence-corrected chi connectivity index (χ0v) is 15.3. The Morgan fingerprint density at radius 3 is 2.30 bits per heavy atom. The topological polar surface area (TPSA) is 84.9 Å². The molecule has 2 amide bonds. The third kappa shape index (κ3) is 3.61. The van der Waals surface area contributed by atoms with Gasteiger partial charge in [-0.05, 0) is 36.4 Å². The summed E-state index contributed by atoms with van der Waals surface area (Å²) < 4.78 is 49.2. The van der Waals surface area contributed by atoms with E-state index >= 15 is 0 Å². The lowest BCUT2D eigenvalue weighted by atomic mass is 10.0. The van der Waals surface area contributed by atoms with Gasteiger partial charge in [-0.1, -0.05) is 18.2 Å². The second kappa shape index (κ2) is 7.45. The molecule has 7 nitrogen and oxygen atoms in total. The molecule has 0 bridgehead atoms. The minimum Gasteiger partial charge on any atom is -0.457 e. The molecule has 2 aliphatic rings. The monoisotopic (exact) mass is 420 g/mol. The van der Waals surface area contributed by atoms with Gasteiger partial charge in [-0.15, -0.1) is 0 Å². The number of hydrogen-bond acceptors (Lipinski definition) is 5. The fourth-order valence-corrected chi connectivity index (χ4v) is 3.40. The van der Waals surface area contributed by atoms with Crippen molar-refractivity contribution in [2.24, 2.45) is 5.92 Å². The van der Waals surface area contributed by atoms with E-state index in [1.165, 1.54) is 12.1 Å². The average molecular weight is 420 g/mol. The summed E-state index contributed by atoms with van der Waals surface area (Å²) in [4.78, 5) is 37.5. The van der Waals surface area contributed by atoms with Crippen molar-refractivity contribution in [1.82, 2.24) is 4.90 Å². The summed E-state index contributed by atoms with van der Waals surface area (Å²) in [5, 5.41) is 2.39. The highest BCUT2D eigenvalue weighted by Gasteiger charge is 2.62. The third-order valence-electron chi connectivity index (χ3n) is 4.76. The summed E-state index contributed by atoms with van der Waals surface area (Å²) in [5.74, 6) is -3.86. The van der Waals surface area contributed by atoms with Gasteiger partial charge in [0, 0.05) is 5.69 Å². The number of ketones is 1. The molecule has 2 fully saturated rings. The molecule has 3 atom stereocenters. The Kier molecular flexibility index (Phi) is 4.94. The molecule has 0 aromatic heterocycles. The zero-order valence-electron chi connectivity index (χ0n) is 15.3. The van der Waals surface area contributed by atoms with Gasteiger partial charge in [-0.25, -0.2) is 0 Å². The van der Waals surface area contributed by atoms with Crippen LogP contribution < -0.4 is 10.1 Å². The number of benzene rings is 2. The van der Waals surface area contributed by atoms with Gasteiger partial charge in [0.25, 0.3) is 0 Å².